The van der Waals surface area contributed by atoms with Gasteiger partial charge in [-0.05, 0) is 0 Å². The van der Waals surface area contributed by atoms with Crippen LogP contribution in [0.4, 0.5) is 0 Å². The topological polar surface area (TPSA) is 0 Å². The van der Waals surface area contributed by atoms with E-state index in [1.807, 2.05) is 0 Å². The second-order valence-electron chi connectivity index (χ2n) is 18.3. The van der Waals surface area contributed by atoms with Crippen LogP contribution in [0.3, 0.4) is 0 Å². The van der Waals surface area contributed by atoms with E-state index in [4.69, 9.17) is 0 Å². The first-order valence-corrected chi connectivity index (χ1v) is 23.3. The minimum atomic E-state index is -3.04. The number of hydrogen-bond acceptors (Lipinski definition) is 0. The third-order valence-corrected chi connectivity index (χ3v) is 21.5. The summed E-state index contributed by atoms with van der Waals surface area (Å²) < 4.78 is 4.99. The molecule has 0 saturated heterocycles. The predicted octanol–water partition coefficient (Wildman–Crippen LogP) is 12.6. The van der Waals surface area contributed by atoms with Crippen LogP contribution in [0.1, 0.15) is 134 Å². The molecular weight excluding hydrogens is 814 g/mol. The Morgan fingerprint density at radius 3 is 1.42 bits per heavy atom. The van der Waals surface area contributed by atoms with Gasteiger partial charge in [-0.2, -0.15) is 0 Å². The third-order valence-electron chi connectivity index (χ3n) is 10.4. The first-order valence-electron chi connectivity index (χ1n) is 18.0. The predicted molar refractivity (Wildman–Crippen MR) is 222 cm³/mol. The SMILES string of the molecule is CC(C)(C)c1ccc([C](c2ccc(C(C)(C)C)cc2)=[Hf]([C]2=CC=CC2)[c]2cc(C(C)(C)C)cc3c2Cc2ccc(C(C)(C)C)cc2-3)cc1.Cl.Cl. The summed E-state index contributed by atoms with van der Waals surface area (Å²) in [6.45, 7) is 28.1. The van der Waals surface area contributed by atoms with Crippen molar-refractivity contribution in [3.63, 3.8) is 0 Å². The largest absolute Gasteiger partial charge is 0.147 e. The van der Waals surface area contributed by atoms with Crippen molar-refractivity contribution in [1.29, 1.82) is 0 Å². The molecule has 0 heterocycles. The summed E-state index contributed by atoms with van der Waals surface area (Å²) in [5.74, 6) is 0. The van der Waals surface area contributed by atoms with Crippen LogP contribution in [0.15, 0.2) is 100 Å². The van der Waals surface area contributed by atoms with Gasteiger partial charge in [0.05, 0.1) is 0 Å². The van der Waals surface area contributed by atoms with Crippen LogP contribution in [0, 0.1) is 0 Å². The zero-order chi connectivity index (χ0) is 34.8. The maximum Gasteiger partial charge on any atom is -0.147 e. The fraction of sp³-hybridized carbons (Fsp3) is 0.383. The van der Waals surface area contributed by atoms with Crippen molar-refractivity contribution >= 4 is 31.4 Å². The molecule has 0 nitrogen and oxygen atoms in total. The Balaban J connectivity index is 0.00000281. The van der Waals surface area contributed by atoms with Gasteiger partial charge in [0.1, 0.15) is 0 Å². The Morgan fingerprint density at radius 1 is 0.520 bits per heavy atom. The number of allylic oxidation sites excluding steroid dienone is 4. The fourth-order valence-electron chi connectivity index (χ4n) is 7.23. The molecule has 3 heteroatoms. The molecule has 6 rings (SSSR count). The second-order valence-corrected chi connectivity index (χ2v) is 27.1. The van der Waals surface area contributed by atoms with Gasteiger partial charge in [-0.25, -0.2) is 0 Å². The molecular formula is C47H58Cl2Hf. The van der Waals surface area contributed by atoms with Gasteiger partial charge >= 0.3 is 301 Å². The van der Waals surface area contributed by atoms with E-state index in [1.54, 1.807) is 15.5 Å². The summed E-state index contributed by atoms with van der Waals surface area (Å²) in [6, 6.07) is 31.9. The Morgan fingerprint density at radius 2 is 0.980 bits per heavy atom. The zero-order valence-corrected chi connectivity index (χ0v) is 37.7. The average Bonchev–Trinajstić information content (AvgIpc) is 3.66. The van der Waals surface area contributed by atoms with E-state index in [1.165, 1.54) is 50.1 Å². The van der Waals surface area contributed by atoms with Crippen molar-refractivity contribution in [2.45, 2.75) is 118 Å². The molecule has 0 aromatic heterocycles. The standard InChI is InChI=1S/C21H25.C21H26.C5H5.2ClH.Hf/c1-20(2,3)16-9-7-14-11-15-8-10-17(21(4,5)6)13-19(15)18(14)12-16;1-20(2,3)18-11-7-16(8-12-18)15-17-9-13-19(14-10-17)21(4,5)6;1-2-4-5-3-1;;;/h7,9-10,12-13H,11H2,1-6H3;7-14H,1-6H3;1-3H,4H2;2*1H;. The Labute approximate surface area is 323 Å². The fourth-order valence-corrected chi connectivity index (χ4v) is 18.9. The molecule has 0 atom stereocenters. The smallest absolute Gasteiger partial charge is 0.147 e. The van der Waals surface area contributed by atoms with Crippen molar-refractivity contribution in [3.05, 3.63) is 145 Å². The minimum absolute atomic E-state index is 0. The molecule has 0 amide bonds. The van der Waals surface area contributed by atoms with Gasteiger partial charge in [0, 0.05) is 0 Å². The Bertz CT molecular complexity index is 1900. The van der Waals surface area contributed by atoms with E-state index in [0.29, 0.717) is 0 Å². The molecule has 0 fully saturated rings. The van der Waals surface area contributed by atoms with Gasteiger partial charge in [-0.15, -0.1) is 24.8 Å². The summed E-state index contributed by atoms with van der Waals surface area (Å²) in [4.78, 5) is 0. The molecule has 0 radical (unpaired) electrons. The van der Waals surface area contributed by atoms with E-state index < -0.39 is 21.0 Å². The first-order chi connectivity index (χ1) is 22.3. The third kappa shape index (κ3) is 8.17. The van der Waals surface area contributed by atoms with Gasteiger partial charge in [0.2, 0.25) is 0 Å². The van der Waals surface area contributed by atoms with Crippen LogP contribution < -0.4 is 3.32 Å². The Kier molecular flexibility index (Phi) is 11.8. The number of fused-ring (bicyclic) bond motifs is 3. The van der Waals surface area contributed by atoms with Crippen molar-refractivity contribution in [2.75, 3.05) is 0 Å². The molecule has 264 valence electrons. The van der Waals surface area contributed by atoms with Crippen molar-refractivity contribution in [3.8, 4) is 11.1 Å². The molecule has 4 aromatic rings. The second kappa shape index (κ2) is 14.6. The van der Waals surface area contributed by atoms with E-state index in [0.717, 1.165) is 12.8 Å². The maximum absolute atomic E-state index is 3.04. The van der Waals surface area contributed by atoms with E-state index in [2.05, 4.69) is 180 Å². The number of benzene rings is 4. The molecule has 2 aliphatic rings. The summed E-state index contributed by atoms with van der Waals surface area (Å²) in [6.07, 6.45) is 9.30. The van der Waals surface area contributed by atoms with Crippen LogP contribution in [-0.4, -0.2) is 3.26 Å². The van der Waals surface area contributed by atoms with Gasteiger partial charge in [0.15, 0.2) is 0 Å². The normalized spacial score (nSPS) is 14.0. The van der Waals surface area contributed by atoms with Gasteiger partial charge < -0.3 is 0 Å². The first kappa shape index (κ1) is 40.5. The summed E-state index contributed by atoms with van der Waals surface area (Å²) >= 11 is -3.04. The minimum Gasteiger partial charge on any atom is -0.147 e. The van der Waals surface area contributed by atoms with Crippen LogP contribution in [0.2, 0.25) is 0 Å². The summed E-state index contributed by atoms with van der Waals surface area (Å²) in [7, 11) is 0. The van der Waals surface area contributed by atoms with Crippen molar-refractivity contribution in [1.82, 2.24) is 0 Å². The summed E-state index contributed by atoms with van der Waals surface area (Å²) in [5.41, 5.74) is 14.9. The van der Waals surface area contributed by atoms with Crippen LogP contribution >= 0.6 is 24.8 Å². The van der Waals surface area contributed by atoms with Crippen molar-refractivity contribution < 1.29 is 21.0 Å². The van der Waals surface area contributed by atoms with Gasteiger partial charge in [-0.1, -0.05) is 0 Å². The zero-order valence-electron chi connectivity index (χ0n) is 32.5. The quantitative estimate of drug-likeness (QED) is 0.158. The number of halogens is 2. The number of hydrogen-bond donors (Lipinski definition) is 0. The average molecular weight is 872 g/mol. The van der Waals surface area contributed by atoms with Crippen LogP contribution in [-0.2, 0) is 49.0 Å². The Hall–Kier alpha value is -2.32. The molecule has 4 aromatic carbocycles. The molecule has 0 N–H and O–H groups in total. The molecule has 0 aliphatic heterocycles. The van der Waals surface area contributed by atoms with Crippen LogP contribution in [0.5, 0.6) is 0 Å². The maximum atomic E-state index is 2.67. The molecule has 0 saturated carbocycles. The van der Waals surface area contributed by atoms with E-state index in [-0.39, 0.29) is 46.5 Å². The molecule has 0 spiro atoms. The van der Waals surface area contributed by atoms with Gasteiger partial charge in [-0.3, -0.25) is 0 Å². The molecule has 0 unspecified atom stereocenters. The van der Waals surface area contributed by atoms with Gasteiger partial charge in [0.25, 0.3) is 0 Å². The van der Waals surface area contributed by atoms with Crippen LogP contribution in [0.25, 0.3) is 11.1 Å². The van der Waals surface area contributed by atoms with E-state index in [9.17, 15) is 0 Å². The molecule has 0 bridgehead atoms. The number of rotatable bonds is 4. The summed E-state index contributed by atoms with van der Waals surface area (Å²) in [5, 5.41) is 0. The van der Waals surface area contributed by atoms with Crippen molar-refractivity contribution in [2.24, 2.45) is 0 Å². The molecule has 50 heavy (non-hydrogen) atoms. The van der Waals surface area contributed by atoms with E-state index >= 15 is 0 Å². The molecule has 2 aliphatic carbocycles. The monoisotopic (exact) mass is 872 g/mol.